The third-order valence-electron chi connectivity index (χ3n) is 4.54. The van der Waals surface area contributed by atoms with Crippen molar-refractivity contribution < 1.29 is 8.42 Å². The summed E-state index contributed by atoms with van der Waals surface area (Å²) in [5.41, 5.74) is 2.73. The molecular formula is C18H25N5O2S. The van der Waals surface area contributed by atoms with Gasteiger partial charge in [-0.05, 0) is 44.0 Å². The second-order valence-corrected chi connectivity index (χ2v) is 8.89. The Kier molecular flexibility index (Phi) is 5.55. The summed E-state index contributed by atoms with van der Waals surface area (Å²) in [6.45, 7) is 2.98. The number of aromatic nitrogens is 2. The summed E-state index contributed by atoms with van der Waals surface area (Å²) in [7, 11) is -0.243. The van der Waals surface area contributed by atoms with Gasteiger partial charge in [0.1, 0.15) is 5.82 Å². The zero-order chi connectivity index (χ0) is 18.7. The smallest absolute Gasteiger partial charge is 0.281 e. The number of piperidine rings is 1. The SMILES string of the molecule is Cc1cccc(Nc2ccc(C3CCCN(S(=O)(=O)N(C)C)C3)nc2)n1. The molecule has 1 aliphatic heterocycles. The number of hydrogen-bond donors (Lipinski definition) is 1. The fraction of sp³-hybridized carbons (Fsp3) is 0.444. The monoisotopic (exact) mass is 375 g/mol. The molecule has 1 saturated heterocycles. The lowest BCUT2D eigenvalue weighted by molar-refractivity contribution is 0.296. The van der Waals surface area contributed by atoms with E-state index in [1.54, 1.807) is 24.6 Å². The summed E-state index contributed by atoms with van der Waals surface area (Å²) in [6, 6.07) is 9.74. The molecule has 1 unspecified atom stereocenters. The minimum Gasteiger partial charge on any atom is -0.339 e. The first kappa shape index (κ1) is 18.8. The molecule has 0 saturated carbocycles. The number of rotatable bonds is 5. The Morgan fingerprint density at radius 3 is 2.69 bits per heavy atom. The van der Waals surface area contributed by atoms with E-state index in [0.717, 1.165) is 35.7 Å². The Bertz CT molecular complexity index is 852. The largest absolute Gasteiger partial charge is 0.339 e. The van der Waals surface area contributed by atoms with Gasteiger partial charge in [-0.3, -0.25) is 4.98 Å². The molecule has 8 heteroatoms. The quantitative estimate of drug-likeness (QED) is 0.869. The van der Waals surface area contributed by atoms with E-state index in [9.17, 15) is 8.42 Å². The van der Waals surface area contributed by atoms with Gasteiger partial charge >= 0.3 is 0 Å². The van der Waals surface area contributed by atoms with Gasteiger partial charge in [-0.15, -0.1) is 0 Å². The molecule has 1 fully saturated rings. The third kappa shape index (κ3) is 4.20. The minimum absolute atomic E-state index is 0.115. The highest BCUT2D eigenvalue weighted by atomic mass is 32.2. The van der Waals surface area contributed by atoms with Crippen LogP contribution in [0.4, 0.5) is 11.5 Å². The molecule has 1 aliphatic rings. The number of nitrogens with one attached hydrogen (secondary N) is 1. The van der Waals surface area contributed by atoms with Gasteiger partial charge in [-0.1, -0.05) is 6.07 Å². The predicted octanol–water partition coefficient (Wildman–Crippen LogP) is 2.51. The van der Waals surface area contributed by atoms with Crippen molar-refractivity contribution in [2.24, 2.45) is 0 Å². The Labute approximate surface area is 155 Å². The summed E-state index contributed by atoms with van der Waals surface area (Å²) >= 11 is 0. The molecule has 0 radical (unpaired) electrons. The van der Waals surface area contributed by atoms with Crippen LogP contribution in [0, 0.1) is 6.92 Å². The van der Waals surface area contributed by atoms with E-state index in [-0.39, 0.29) is 5.92 Å². The van der Waals surface area contributed by atoms with Gasteiger partial charge in [0.2, 0.25) is 0 Å². The molecule has 0 amide bonds. The van der Waals surface area contributed by atoms with Crippen molar-refractivity contribution >= 4 is 21.7 Å². The van der Waals surface area contributed by atoms with E-state index in [2.05, 4.69) is 15.3 Å². The first-order valence-corrected chi connectivity index (χ1v) is 10.1. The molecule has 2 aromatic heterocycles. The van der Waals surface area contributed by atoms with E-state index in [4.69, 9.17) is 0 Å². The van der Waals surface area contributed by atoms with Gasteiger partial charge in [0.15, 0.2) is 0 Å². The Morgan fingerprint density at radius 2 is 2.04 bits per heavy atom. The molecule has 3 rings (SSSR count). The van der Waals surface area contributed by atoms with Crippen LogP contribution >= 0.6 is 0 Å². The molecule has 1 N–H and O–H groups in total. The molecular weight excluding hydrogens is 350 g/mol. The first-order valence-electron chi connectivity index (χ1n) is 8.70. The Hall–Kier alpha value is -2.03. The van der Waals surface area contributed by atoms with Crippen molar-refractivity contribution in [1.82, 2.24) is 18.6 Å². The predicted molar refractivity (Wildman–Crippen MR) is 103 cm³/mol. The molecule has 0 spiro atoms. The number of aryl methyl sites for hydroxylation is 1. The molecule has 140 valence electrons. The van der Waals surface area contributed by atoms with Crippen molar-refractivity contribution in [3.05, 3.63) is 47.9 Å². The zero-order valence-electron chi connectivity index (χ0n) is 15.4. The molecule has 1 atom stereocenters. The van der Waals surface area contributed by atoms with Crippen molar-refractivity contribution in [3.63, 3.8) is 0 Å². The summed E-state index contributed by atoms with van der Waals surface area (Å²) in [4.78, 5) is 8.97. The van der Waals surface area contributed by atoms with Crippen LogP contribution in [0.2, 0.25) is 0 Å². The maximum absolute atomic E-state index is 12.4. The van der Waals surface area contributed by atoms with Gasteiger partial charge in [0.25, 0.3) is 10.2 Å². The molecule has 0 aromatic carbocycles. The fourth-order valence-corrected chi connectivity index (χ4v) is 4.30. The Balaban J connectivity index is 1.70. The van der Waals surface area contributed by atoms with Crippen LogP contribution in [0.15, 0.2) is 36.5 Å². The minimum atomic E-state index is -3.38. The van der Waals surface area contributed by atoms with Crippen LogP contribution in [-0.2, 0) is 10.2 Å². The van der Waals surface area contributed by atoms with E-state index in [0.29, 0.717) is 13.1 Å². The standard InChI is InChI=1S/C18H25N5O2S/c1-14-6-4-8-18(20-14)21-16-9-10-17(19-12-16)15-7-5-11-23(13-15)26(24,25)22(2)3/h4,6,8-10,12,15H,5,7,11,13H2,1-3H3,(H,20,21). The topological polar surface area (TPSA) is 78.4 Å². The van der Waals surface area contributed by atoms with Crippen LogP contribution in [0.25, 0.3) is 0 Å². The fourth-order valence-electron chi connectivity index (χ4n) is 3.11. The maximum atomic E-state index is 12.4. The maximum Gasteiger partial charge on any atom is 0.281 e. The first-order chi connectivity index (χ1) is 12.4. The lowest BCUT2D eigenvalue weighted by Gasteiger charge is -2.33. The highest BCUT2D eigenvalue weighted by Gasteiger charge is 2.31. The van der Waals surface area contributed by atoms with Gasteiger partial charge < -0.3 is 5.32 Å². The van der Waals surface area contributed by atoms with Crippen molar-refractivity contribution in [3.8, 4) is 0 Å². The van der Waals surface area contributed by atoms with Gasteiger partial charge in [0.05, 0.1) is 11.9 Å². The average molecular weight is 375 g/mol. The summed E-state index contributed by atoms with van der Waals surface area (Å²) in [6.07, 6.45) is 3.56. The van der Waals surface area contributed by atoms with Gasteiger partial charge in [-0.25, -0.2) is 4.98 Å². The van der Waals surface area contributed by atoms with E-state index in [1.807, 2.05) is 37.3 Å². The number of anilines is 2. The number of nitrogens with zero attached hydrogens (tertiary/aromatic N) is 4. The Morgan fingerprint density at radius 1 is 1.23 bits per heavy atom. The highest BCUT2D eigenvalue weighted by molar-refractivity contribution is 7.86. The van der Waals surface area contributed by atoms with Crippen molar-refractivity contribution in [2.45, 2.75) is 25.7 Å². The number of pyridine rings is 2. The highest BCUT2D eigenvalue weighted by Crippen LogP contribution is 2.28. The summed E-state index contributed by atoms with van der Waals surface area (Å²) < 4.78 is 27.5. The zero-order valence-corrected chi connectivity index (χ0v) is 16.2. The van der Waals surface area contributed by atoms with E-state index in [1.165, 1.54) is 4.31 Å². The molecule has 2 aromatic rings. The number of hydrogen-bond acceptors (Lipinski definition) is 5. The van der Waals surface area contributed by atoms with E-state index >= 15 is 0 Å². The van der Waals surface area contributed by atoms with Crippen LogP contribution < -0.4 is 5.32 Å². The molecule has 26 heavy (non-hydrogen) atoms. The third-order valence-corrected chi connectivity index (χ3v) is 6.44. The van der Waals surface area contributed by atoms with Crippen molar-refractivity contribution in [2.75, 3.05) is 32.5 Å². The molecule has 0 bridgehead atoms. The lowest BCUT2D eigenvalue weighted by atomic mass is 9.95. The molecule has 3 heterocycles. The molecule has 0 aliphatic carbocycles. The van der Waals surface area contributed by atoms with Crippen LogP contribution in [0.3, 0.4) is 0 Å². The van der Waals surface area contributed by atoms with Crippen LogP contribution in [0.1, 0.15) is 30.1 Å². The summed E-state index contributed by atoms with van der Waals surface area (Å²) in [5.74, 6) is 0.894. The second-order valence-electron chi connectivity index (χ2n) is 6.75. The molecule has 7 nitrogen and oxygen atoms in total. The second kappa shape index (κ2) is 7.69. The van der Waals surface area contributed by atoms with Crippen molar-refractivity contribution in [1.29, 1.82) is 0 Å². The van der Waals surface area contributed by atoms with Gasteiger partial charge in [-0.2, -0.15) is 17.0 Å². The lowest BCUT2D eigenvalue weighted by Crippen LogP contribution is -2.45. The normalized spacial score (nSPS) is 18.8. The van der Waals surface area contributed by atoms with Crippen LogP contribution in [-0.4, -0.2) is 54.2 Å². The summed E-state index contributed by atoms with van der Waals surface area (Å²) in [5, 5.41) is 3.24. The average Bonchev–Trinajstić information content (AvgIpc) is 2.62. The van der Waals surface area contributed by atoms with Crippen LogP contribution in [0.5, 0.6) is 0 Å². The van der Waals surface area contributed by atoms with E-state index < -0.39 is 10.2 Å². The van der Waals surface area contributed by atoms with Gasteiger partial charge in [0, 0.05) is 44.5 Å².